The Morgan fingerprint density at radius 3 is 3.09 bits per heavy atom. The van der Waals surface area contributed by atoms with Crippen LogP contribution in [0, 0.1) is 0 Å². The maximum Gasteiger partial charge on any atom is 0.253 e. The minimum Gasteiger partial charge on any atom is -0.469 e. The smallest absolute Gasteiger partial charge is 0.253 e. The van der Waals surface area contributed by atoms with E-state index in [2.05, 4.69) is 15.1 Å². The first-order valence-corrected chi connectivity index (χ1v) is 8.19. The molecule has 0 N–H and O–H groups in total. The van der Waals surface area contributed by atoms with Gasteiger partial charge in [0.25, 0.3) is 5.78 Å². The Morgan fingerprint density at radius 2 is 2.32 bits per heavy atom. The molecule has 1 aliphatic carbocycles. The van der Waals surface area contributed by atoms with Crippen molar-refractivity contribution in [3.05, 3.63) is 41.6 Å². The Hall–Kier alpha value is -2.15. The van der Waals surface area contributed by atoms with E-state index < -0.39 is 0 Å². The fourth-order valence-corrected chi connectivity index (χ4v) is 3.33. The van der Waals surface area contributed by atoms with Gasteiger partial charge in [-0.05, 0) is 17.9 Å². The third-order valence-corrected chi connectivity index (χ3v) is 4.50. The number of thioether (sulfide) groups is 1. The first-order valence-electron chi connectivity index (χ1n) is 7.20. The maximum atomic E-state index is 12.4. The molecule has 3 aromatic heterocycles. The van der Waals surface area contributed by atoms with Crippen LogP contribution in [0.3, 0.4) is 0 Å². The standard InChI is InChI=1S/C15H14N4O2S/c1-2-22-15-17-14-16-11-6-9(13-4-3-5-21-13)7-12(20)10(11)8-19(14)18-15/h3-5,8-9H,2,6-7H2,1H3/t9-/m0/s1. The number of ketones is 1. The van der Waals surface area contributed by atoms with Gasteiger partial charge in [-0.25, -0.2) is 9.50 Å². The lowest BCUT2D eigenvalue weighted by Gasteiger charge is -2.20. The number of rotatable bonds is 3. The molecule has 0 unspecified atom stereocenters. The molecule has 0 bridgehead atoms. The number of fused-ring (bicyclic) bond motifs is 2. The zero-order valence-electron chi connectivity index (χ0n) is 12.0. The second-order valence-electron chi connectivity index (χ2n) is 5.22. The topological polar surface area (TPSA) is 73.3 Å². The van der Waals surface area contributed by atoms with Crippen LogP contribution in [0.2, 0.25) is 0 Å². The quantitative estimate of drug-likeness (QED) is 0.692. The van der Waals surface area contributed by atoms with Gasteiger partial charge in [-0.3, -0.25) is 4.79 Å². The van der Waals surface area contributed by atoms with Crippen molar-refractivity contribution in [3.8, 4) is 0 Å². The third kappa shape index (κ3) is 2.21. The van der Waals surface area contributed by atoms with E-state index in [9.17, 15) is 4.79 Å². The minimum atomic E-state index is 0.0531. The molecule has 22 heavy (non-hydrogen) atoms. The highest BCUT2D eigenvalue weighted by Crippen LogP contribution is 2.32. The monoisotopic (exact) mass is 314 g/mol. The van der Waals surface area contributed by atoms with Crippen molar-refractivity contribution >= 4 is 23.3 Å². The van der Waals surface area contributed by atoms with Crippen LogP contribution in [-0.2, 0) is 6.42 Å². The van der Waals surface area contributed by atoms with Crippen molar-refractivity contribution in [1.29, 1.82) is 0 Å². The molecule has 0 saturated carbocycles. The Kier molecular flexibility index (Phi) is 3.22. The van der Waals surface area contributed by atoms with Gasteiger partial charge in [0.05, 0.1) is 17.5 Å². The maximum absolute atomic E-state index is 12.4. The van der Waals surface area contributed by atoms with Crippen LogP contribution in [-0.4, -0.2) is 31.1 Å². The molecule has 112 valence electrons. The summed E-state index contributed by atoms with van der Waals surface area (Å²) in [6.07, 6.45) is 4.52. The summed E-state index contributed by atoms with van der Waals surface area (Å²) in [6, 6.07) is 3.76. The van der Waals surface area contributed by atoms with Crippen LogP contribution in [0.5, 0.6) is 0 Å². The molecule has 0 aliphatic heterocycles. The molecule has 1 aliphatic rings. The SMILES string of the molecule is CCSc1nc2nc3c(cn2n1)C(=O)C[C@@H](c1ccco1)C3. The summed E-state index contributed by atoms with van der Waals surface area (Å²) in [4.78, 5) is 21.4. The van der Waals surface area contributed by atoms with Gasteiger partial charge >= 0.3 is 0 Å². The van der Waals surface area contributed by atoms with Crippen LogP contribution < -0.4 is 0 Å². The van der Waals surface area contributed by atoms with Crippen LogP contribution >= 0.6 is 11.8 Å². The number of hydrogen-bond donors (Lipinski definition) is 0. The zero-order valence-corrected chi connectivity index (χ0v) is 12.8. The highest BCUT2D eigenvalue weighted by Gasteiger charge is 2.30. The van der Waals surface area contributed by atoms with Gasteiger partial charge in [0, 0.05) is 25.0 Å². The molecule has 7 heteroatoms. The summed E-state index contributed by atoms with van der Waals surface area (Å²) < 4.78 is 7.04. The number of aromatic nitrogens is 4. The zero-order chi connectivity index (χ0) is 15.1. The largest absolute Gasteiger partial charge is 0.469 e. The van der Waals surface area contributed by atoms with Gasteiger partial charge in [-0.1, -0.05) is 18.7 Å². The predicted molar refractivity (Wildman–Crippen MR) is 81.3 cm³/mol. The Balaban J connectivity index is 1.76. The molecule has 4 rings (SSSR count). The summed E-state index contributed by atoms with van der Waals surface area (Å²) in [7, 11) is 0. The van der Waals surface area contributed by atoms with Gasteiger partial charge in [0.1, 0.15) is 5.76 Å². The lowest BCUT2D eigenvalue weighted by atomic mass is 9.85. The molecule has 0 radical (unpaired) electrons. The van der Waals surface area contributed by atoms with E-state index >= 15 is 0 Å². The predicted octanol–water partition coefficient (Wildman–Crippen LogP) is 2.74. The molecule has 0 saturated heterocycles. The summed E-state index contributed by atoms with van der Waals surface area (Å²) in [5.41, 5.74) is 1.43. The van der Waals surface area contributed by atoms with E-state index in [0.29, 0.717) is 29.3 Å². The van der Waals surface area contributed by atoms with Gasteiger partial charge < -0.3 is 4.42 Å². The molecule has 0 fully saturated rings. The van der Waals surface area contributed by atoms with E-state index in [1.807, 2.05) is 19.1 Å². The van der Waals surface area contributed by atoms with Crippen molar-refractivity contribution < 1.29 is 9.21 Å². The Morgan fingerprint density at radius 1 is 1.41 bits per heavy atom. The number of Topliss-reactive ketones (excluding diaryl/α,β-unsaturated/α-hetero) is 1. The summed E-state index contributed by atoms with van der Waals surface area (Å²) in [5.74, 6) is 2.41. The van der Waals surface area contributed by atoms with Gasteiger partial charge in [0.2, 0.25) is 5.16 Å². The molecular weight excluding hydrogens is 300 g/mol. The molecule has 6 nitrogen and oxygen atoms in total. The van der Waals surface area contributed by atoms with Crippen molar-refractivity contribution in [2.24, 2.45) is 0 Å². The molecule has 0 spiro atoms. The molecule has 3 aromatic rings. The van der Waals surface area contributed by atoms with Crippen molar-refractivity contribution in [1.82, 2.24) is 19.6 Å². The van der Waals surface area contributed by atoms with E-state index in [0.717, 1.165) is 17.2 Å². The third-order valence-electron chi connectivity index (χ3n) is 3.78. The number of nitrogens with zero attached hydrogens (tertiary/aromatic N) is 4. The van der Waals surface area contributed by atoms with E-state index in [1.54, 1.807) is 28.7 Å². The fourth-order valence-electron chi connectivity index (χ4n) is 2.78. The summed E-state index contributed by atoms with van der Waals surface area (Å²) in [5, 5.41) is 5.04. The van der Waals surface area contributed by atoms with Crippen molar-refractivity contribution in [3.63, 3.8) is 0 Å². The van der Waals surface area contributed by atoms with Crippen LogP contribution in [0.25, 0.3) is 5.78 Å². The van der Waals surface area contributed by atoms with E-state index in [4.69, 9.17) is 4.42 Å². The minimum absolute atomic E-state index is 0.0531. The van der Waals surface area contributed by atoms with Crippen LogP contribution in [0.1, 0.15) is 41.1 Å². The van der Waals surface area contributed by atoms with Gasteiger partial charge in [-0.2, -0.15) is 4.98 Å². The average molecular weight is 314 g/mol. The summed E-state index contributed by atoms with van der Waals surface area (Å²) in [6.45, 7) is 2.05. The van der Waals surface area contributed by atoms with Gasteiger partial charge in [-0.15, -0.1) is 5.10 Å². The number of carbonyl (C=O) groups is 1. The highest BCUT2D eigenvalue weighted by atomic mass is 32.2. The number of carbonyl (C=O) groups excluding carboxylic acids is 1. The molecule has 1 atom stereocenters. The lowest BCUT2D eigenvalue weighted by molar-refractivity contribution is 0.0958. The van der Waals surface area contributed by atoms with Crippen LogP contribution in [0.4, 0.5) is 0 Å². The number of hydrogen-bond acceptors (Lipinski definition) is 6. The fraction of sp³-hybridized carbons (Fsp3) is 0.333. The van der Waals surface area contributed by atoms with Crippen molar-refractivity contribution in [2.45, 2.75) is 30.8 Å². The van der Waals surface area contributed by atoms with Crippen LogP contribution in [0.15, 0.2) is 34.2 Å². The molecule has 0 aromatic carbocycles. The second kappa shape index (κ2) is 5.24. The van der Waals surface area contributed by atoms with Crippen molar-refractivity contribution in [2.75, 3.05) is 5.75 Å². The normalized spacial score (nSPS) is 17.9. The number of furan rings is 1. The first-order chi connectivity index (χ1) is 10.7. The second-order valence-corrected chi connectivity index (χ2v) is 6.45. The summed E-state index contributed by atoms with van der Waals surface area (Å²) >= 11 is 1.56. The lowest BCUT2D eigenvalue weighted by Crippen LogP contribution is -2.21. The Bertz CT molecular complexity index is 841. The van der Waals surface area contributed by atoms with E-state index in [-0.39, 0.29) is 11.7 Å². The first kappa shape index (κ1) is 13.5. The highest BCUT2D eigenvalue weighted by molar-refractivity contribution is 7.99. The van der Waals surface area contributed by atoms with E-state index in [1.165, 1.54) is 0 Å². The molecule has 0 amide bonds. The Labute approximate surface area is 130 Å². The molecule has 3 heterocycles. The molecular formula is C15H14N4O2S. The average Bonchev–Trinajstić information content (AvgIpc) is 3.14. The van der Waals surface area contributed by atoms with Gasteiger partial charge in [0.15, 0.2) is 5.78 Å².